The number of carbonyl (C=O) groups excluding carboxylic acids is 1. The van der Waals surface area contributed by atoms with Crippen LogP contribution in [0.5, 0.6) is 0 Å². The highest BCUT2D eigenvalue weighted by Gasteiger charge is 2.28. The van der Waals surface area contributed by atoms with Crippen LogP contribution in [-0.2, 0) is 13.0 Å². The molecule has 4 rings (SSSR count). The Morgan fingerprint density at radius 3 is 2.52 bits per heavy atom. The number of amides is 1. The van der Waals surface area contributed by atoms with Crippen molar-refractivity contribution in [3.63, 3.8) is 0 Å². The van der Waals surface area contributed by atoms with Gasteiger partial charge in [0.15, 0.2) is 0 Å². The van der Waals surface area contributed by atoms with Gasteiger partial charge in [-0.25, -0.2) is 4.98 Å². The van der Waals surface area contributed by atoms with E-state index in [0.717, 1.165) is 68.4 Å². The minimum absolute atomic E-state index is 0.0296. The third-order valence-corrected chi connectivity index (χ3v) is 7.11. The Morgan fingerprint density at radius 2 is 1.87 bits per heavy atom. The fourth-order valence-electron chi connectivity index (χ4n) is 4.31. The number of aryl methyl sites for hydroxylation is 1. The third kappa shape index (κ3) is 5.04. The number of nitro benzene ring substituents is 1. The number of piperazine rings is 1. The molecule has 0 bridgehead atoms. The maximum atomic E-state index is 13.4. The summed E-state index contributed by atoms with van der Waals surface area (Å²) < 4.78 is 0. The lowest BCUT2D eigenvalue weighted by molar-refractivity contribution is -0.384. The second-order valence-electron chi connectivity index (χ2n) is 8.16. The highest BCUT2D eigenvalue weighted by Crippen LogP contribution is 2.29. The molecule has 0 atom stereocenters. The molecule has 2 aromatic rings. The number of thiazole rings is 1. The predicted molar refractivity (Wildman–Crippen MR) is 122 cm³/mol. The van der Waals surface area contributed by atoms with Crippen molar-refractivity contribution in [1.29, 1.82) is 0 Å². The average molecular weight is 444 g/mol. The van der Waals surface area contributed by atoms with Gasteiger partial charge in [-0.2, -0.15) is 0 Å². The Kier molecular flexibility index (Phi) is 6.82. The summed E-state index contributed by atoms with van der Waals surface area (Å²) in [6.45, 7) is 7.47. The van der Waals surface area contributed by atoms with E-state index in [1.807, 2.05) is 4.90 Å². The summed E-state index contributed by atoms with van der Waals surface area (Å²) in [5, 5.41) is 14.6. The lowest BCUT2D eigenvalue weighted by Gasteiger charge is -2.36. The van der Waals surface area contributed by atoms with Gasteiger partial charge in [-0.05, 0) is 31.7 Å². The van der Waals surface area contributed by atoms with Crippen LogP contribution in [0.4, 0.5) is 11.4 Å². The Labute approximate surface area is 186 Å². The molecular formula is C22H29N5O3S. The van der Waals surface area contributed by atoms with Crippen LogP contribution in [0.1, 0.15) is 47.2 Å². The molecule has 3 heterocycles. The number of rotatable bonds is 6. The van der Waals surface area contributed by atoms with Crippen LogP contribution >= 0.6 is 11.3 Å². The molecule has 166 valence electrons. The maximum Gasteiger partial charge on any atom is 0.270 e. The number of hydrogen-bond acceptors (Lipinski definition) is 7. The number of nitro groups is 1. The lowest BCUT2D eigenvalue weighted by atomic mass is 10.0. The number of carbonyl (C=O) groups is 1. The minimum Gasteiger partial charge on any atom is -0.371 e. The van der Waals surface area contributed by atoms with E-state index in [2.05, 4.69) is 27.1 Å². The maximum absolute atomic E-state index is 13.4. The van der Waals surface area contributed by atoms with Crippen molar-refractivity contribution in [2.75, 3.05) is 44.2 Å². The molecule has 2 fully saturated rings. The summed E-state index contributed by atoms with van der Waals surface area (Å²) in [6.07, 6.45) is 4.31. The van der Waals surface area contributed by atoms with Crippen LogP contribution in [0.15, 0.2) is 23.6 Å². The van der Waals surface area contributed by atoms with E-state index in [1.54, 1.807) is 17.4 Å². The molecule has 2 saturated heterocycles. The minimum atomic E-state index is -0.423. The van der Waals surface area contributed by atoms with E-state index >= 15 is 0 Å². The van der Waals surface area contributed by atoms with E-state index in [4.69, 9.17) is 0 Å². The first-order valence-electron chi connectivity index (χ1n) is 11.0. The number of hydrogen-bond donors (Lipinski definition) is 0. The molecule has 1 aromatic heterocycles. The Morgan fingerprint density at radius 1 is 1.13 bits per heavy atom. The molecule has 0 radical (unpaired) electrons. The molecule has 2 aliphatic rings. The second kappa shape index (κ2) is 9.74. The van der Waals surface area contributed by atoms with Gasteiger partial charge in [-0.1, -0.05) is 6.92 Å². The SMILES string of the molecule is CCc1nc(CN2CCN(C(=O)c3cc([N+](=O)[O-])ccc3N3CCCCC3)CC2)cs1. The number of aromatic nitrogens is 1. The number of piperidine rings is 1. The highest BCUT2D eigenvalue weighted by atomic mass is 32.1. The summed E-state index contributed by atoms with van der Waals surface area (Å²) in [5.74, 6) is -0.106. The van der Waals surface area contributed by atoms with Crippen molar-refractivity contribution < 1.29 is 9.72 Å². The molecule has 1 amide bonds. The van der Waals surface area contributed by atoms with Crippen molar-refractivity contribution in [2.24, 2.45) is 0 Å². The van der Waals surface area contributed by atoms with Gasteiger partial charge in [0, 0.05) is 63.3 Å². The summed E-state index contributed by atoms with van der Waals surface area (Å²) >= 11 is 1.70. The van der Waals surface area contributed by atoms with Crippen molar-refractivity contribution in [2.45, 2.75) is 39.2 Å². The van der Waals surface area contributed by atoms with Gasteiger partial charge in [-0.3, -0.25) is 19.8 Å². The van der Waals surface area contributed by atoms with E-state index in [-0.39, 0.29) is 11.6 Å². The smallest absolute Gasteiger partial charge is 0.270 e. The quantitative estimate of drug-likeness (QED) is 0.501. The summed E-state index contributed by atoms with van der Waals surface area (Å²) in [7, 11) is 0. The topological polar surface area (TPSA) is 82.8 Å². The van der Waals surface area contributed by atoms with E-state index < -0.39 is 4.92 Å². The molecule has 31 heavy (non-hydrogen) atoms. The van der Waals surface area contributed by atoms with Gasteiger partial charge in [-0.15, -0.1) is 11.3 Å². The van der Waals surface area contributed by atoms with Crippen molar-refractivity contribution in [1.82, 2.24) is 14.8 Å². The zero-order chi connectivity index (χ0) is 21.8. The Bertz CT molecular complexity index is 933. The second-order valence-corrected chi connectivity index (χ2v) is 9.10. The van der Waals surface area contributed by atoms with E-state index in [0.29, 0.717) is 18.7 Å². The molecule has 0 N–H and O–H groups in total. The normalized spacial score (nSPS) is 17.7. The molecule has 2 aliphatic heterocycles. The van der Waals surface area contributed by atoms with Crippen LogP contribution in [0.25, 0.3) is 0 Å². The lowest BCUT2D eigenvalue weighted by Crippen LogP contribution is -2.48. The van der Waals surface area contributed by atoms with Gasteiger partial charge in [0.1, 0.15) is 0 Å². The van der Waals surface area contributed by atoms with Gasteiger partial charge < -0.3 is 9.80 Å². The fraction of sp³-hybridized carbons (Fsp3) is 0.545. The van der Waals surface area contributed by atoms with Gasteiger partial charge in [0.25, 0.3) is 11.6 Å². The van der Waals surface area contributed by atoms with Gasteiger partial charge in [0.05, 0.1) is 26.9 Å². The molecule has 0 saturated carbocycles. The molecule has 8 nitrogen and oxygen atoms in total. The van der Waals surface area contributed by atoms with Crippen LogP contribution in [0.3, 0.4) is 0 Å². The predicted octanol–water partition coefficient (Wildman–Crippen LogP) is 3.56. The molecular weight excluding hydrogens is 414 g/mol. The Hall–Kier alpha value is -2.52. The van der Waals surface area contributed by atoms with Crippen LogP contribution in [-0.4, -0.2) is 64.9 Å². The summed E-state index contributed by atoms with van der Waals surface area (Å²) in [4.78, 5) is 35.3. The van der Waals surface area contributed by atoms with Crippen LogP contribution < -0.4 is 4.90 Å². The first-order chi connectivity index (χ1) is 15.0. The van der Waals surface area contributed by atoms with Gasteiger partial charge >= 0.3 is 0 Å². The Balaban J connectivity index is 1.46. The molecule has 9 heteroatoms. The first kappa shape index (κ1) is 21.7. The largest absolute Gasteiger partial charge is 0.371 e. The summed E-state index contributed by atoms with van der Waals surface area (Å²) in [6, 6.07) is 4.72. The van der Waals surface area contributed by atoms with E-state index in [1.165, 1.54) is 18.6 Å². The third-order valence-electron chi connectivity index (χ3n) is 6.06. The fourth-order valence-corrected chi connectivity index (χ4v) is 5.05. The number of non-ortho nitro benzene ring substituents is 1. The van der Waals surface area contributed by atoms with Crippen molar-refractivity contribution in [3.05, 3.63) is 50.0 Å². The molecule has 0 aliphatic carbocycles. The zero-order valence-corrected chi connectivity index (χ0v) is 18.8. The zero-order valence-electron chi connectivity index (χ0n) is 18.0. The summed E-state index contributed by atoms with van der Waals surface area (Å²) in [5.41, 5.74) is 2.34. The van der Waals surface area contributed by atoms with Crippen LogP contribution in [0, 0.1) is 10.1 Å². The molecule has 1 aromatic carbocycles. The van der Waals surface area contributed by atoms with E-state index in [9.17, 15) is 14.9 Å². The number of anilines is 1. The number of benzene rings is 1. The van der Waals surface area contributed by atoms with Crippen molar-refractivity contribution in [3.8, 4) is 0 Å². The highest BCUT2D eigenvalue weighted by molar-refractivity contribution is 7.09. The first-order valence-corrected chi connectivity index (χ1v) is 11.9. The van der Waals surface area contributed by atoms with Crippen LogP contribution in [0.2, 0.25) is 0 Å². The molecule has 0 spiro atoms. The molecule has 0 unspecified atom stereocenters. The monoisotopic (exact) mass is 443 g/mol. The standard InChI is InChI=1S/C22H29N5O3S/c1-2-21-23-17(16-31-21)15-24-10-12-26(13-11-24)22(28)19-14-18(27(29)30)6-7-20(19)25-8-4-3-5-9-25/h6-7,14,16H,2-5,8-13,15H2,1H3. The van der Waals surface area contributed by atoms with Gasteiger partial charge in [0.2, 0.25) is 0 Å². The average Bonchev–Trinajstić information content (AvgIpc) is 3.27. The number of nitrogens with zero attached hydrogens (tertiary/aromatic N) is 5. The van der Waals surface area contributed by atoms with Crippen molar-refractivity contribution >= 4 is 28.6 Å².